The van der Waals surface area contributed by atoms with Gasteiger partial charge in [0.1, 0.15) is 11.6 Å². The van der Waals surface area contributed by atoms with Gasteiger partial charge in [-0.1, -0.05) is 13.8 Å². The van der Waals surface area contributed by atoms with Crippen molar-refractivity contribution in [1.82, 2.24) is 0 Å². The van der Waals surface area contributed by atoms with Crippen molar-refractivity contribution in [3.63, 3.8) is 0 Å². The Morgan fingerprint density at radius 1 is 1.35 bits per heavy atom. The first-order valence-corrected chi connectivity index (χ1v) is 6.34. The Labute approximate surface area is 108 Å². The number of aliphatic imine (C=N–C) groups is 2. The van der Waals surface area contributed by atoms with Crippen LogP contribution >= 0.6 is 11.6 Å². The van der Waals surface area contributed by atoms with Gasteiger partial charge in [0.25, 0.3) is 0 Å². The molecule has 0 saturated carbocycles. The second kappa shape index (κ2) is 5.71. The van der Waals surface area contributed by atoms with Crippen LogP contribution in [-0.4, -0.2) is 43.5 Å². The van der Waals surface area contributed by atoms with Gasteiger partial charge in [-0.05, 0) is 19.3 Å². The summed E-state index contributed by atoms with van der Waals surface area (Å²) in [7, 11) is 3.25. The van der Waals surface area contributed by atoms with Gasteiger partial charge in [0.2, 0.25) is 11.8 Å². The number of nitrogens with zero attached hydrogens (tertiary/aromatic N) is 2. The molecule has 0 aromatic heterocycles. The van der Waals surface area contributed by atoms with Crippen LogP contribution in [0.4, 0.5) is 0 Å². The highest BCUT2D eigenvalue weighted by atomic mass is 35.5. The molecule has 1 rings (SSSR count). The first-order chi connectivity index (χ1) is 7.98. The van der Waals surface area contributed by atoms with Crippen LogP contribution in [0.3, 0.4) is 0 Å². The molecule has 1 aliphatic heterocycles. The zero-order valence-corrected chi connectivity index (χ0v) is 11.9. The molecule has 0 spiro atoms. The minimum absolute atomic E-state index is 0.0710. The summed E-state index contributed by atoms with van der Waals surface area (Å²) in [6, 6.07) is -0.0710. The number of hydrogen-bond acceptors (Lipinski definition) is 4. The van der Waals surface area contributed by atoms with Crippen LogP contribution in [0.2, 0.25) is 0 Å². The smallest absolute Gasteiger partial charge is 0.212 e. The summed E-state index contributed by atoms with van der Waals surface area (Å²) in [4.78, 5) is 9.23. The fourth-order valence-electron chi connectivity index (χ4n) is 1.90. The van der Waals surface area contributed by atoms with Gasteiger partial charge in [-0.3, -0.25) is 0 Å². The molecule has 17 heavy (non-hydrogen) atoms. The van der Waals surface area contributed by atoms with E-state index in [-0.39, 0.29) is 6.04 Å². The monoisotopic (exact) mass is 260 g/mol. The first-order valence-electron chi connectivity index (χ1n) is 5.80. The molecule has 0 saturated heterocycles. The number of ether oxygens (including phenoxy) is 2. The summed E-state index contributed by atoms with van der Waals surface area (Å²) in [5.74, 6) is 2.12. The largest absolute Gasteiger partial charge is 0.483 e. The maximum absolute atomic E-state index is 5.82. The Balaban J connectivity index is 3.10. The van der Waals surface area contributed by atoms with Crippen molar-refractivity contribution in [3.05, 3.63) is 0 Å². The van der Waals surface area contributed by atoms with E-state index < -0.39 is 5.54 Å². The fourth-order valence-corrected chi connectivity index (χ4v) is 2.27. The van der Waals surface area contributed by atoms with Gasteiger partial charge in [-0.25, -0.2) is 9.98 Å². The van der Waals surface area contributed by atoms with E-state index in [0.717, 1.165) is 0 Å². The molecule has 2 atom stereocenters. The molecule has 0 fully saturated rings. The standard InChI is InChI=1S/C12H21ClN2O2/c1-8(2)9-10(16-4)15-12(3,6-7-13)11(14-9)17-5/h8-9H,6-7H2,1-5H3. The highest BCUT2D eigenvalue weighted by Gasteiger charge is 2.39. The zero-order chi connectivity index (χ0) is 13.1. The van der Waals surface area contributed by atoms with E-state index in [1.165, 1.54) is 0 Å². The Hall–Kier alpha value is -0.770. The molecule has 0 amide bonds. The van der Waals surface area contributed by atoms with E-state index in [9.17, 15) is 0 Å². The lowest BCUT2D eigenvalue weighted by Gasteiger charge is -2.33. The summed E-state index contributed by atoms with van der Waals surface area (Å²) in [6.45, 7) is 6.13. The van der Waals surface area contributed by atoms with Gasteiger partial charge in [0, 0.05) is 5.88 Å². The van der Waals surface area contributed by atoms with E-state index in [1.54, 1.807) is 14.2 Å². The Kier molecular flexibility index (Phi) is 4.80. The van der Waals surface area contributed by atoms with E-state index in [4.69, 9.17) is 21.1 Å². The van der Waals surface area contributed by atoms with E-state index in [1.807, 2.05) is 6.92 Å². The second-order valence-corrected chi connectivity index (χ2v) is 5.07. The average Bonchev–Trinajstić information content (AvgIpc) is 2.28. The SMILES string of the molecule is COC1=NC(C)(CCCl)C(OC)=NC1C(C)C. The summed E-state index contributed by atoms with van der Waals surface area (Å²) >= 11 is 5.82. The molecule has 0 aromatic rings. The second-order valence-electron chi connectivity index (χ2n) is 4.69. The minimum Gasteiger partial charge on any atom is -0.483 e. The van der Waals surface area contributed by atoms with Crippen molar-refractivity contribution in [2.75, 3.05) is 20.1 Å². The maximum Gasteiger partial charge on any atom is 0.212 e. The lowest BCUT2D eigenvalue weighted by atomic mass is 9.95. The quantitative estimate of drug-likeness (QED) is 0.732. The molecule has 4 nitrogen and oxygen atoms in total. The van der Waals surface area contributed by atoms with Crippen molar-refractivity contribution in [3.8, 4) is 0 Å². The summed E-state index contributed by atoms with van der Waals surface area (Å²) in [5, 5.41) is 0. The van der Waals surface area contributed by atoms with Crippen LogP contribution in [0.15, 0.2) is 9.98 Å². The summed E-state index contributed by atoms with van der Waals surface area (Å²) < 4.78 is 10.7. The lowest BCUT2D eigenvalue weighted by molar-refractivity contribution is 0.308. The van der Waals surface area contributed by atoms with Gasteiger partial charge >= 0.3 is 0 Å². The van der Waals surface area contributed by atoms with E-state index in [0.29, 0.717) is 30.0 Å². The van der Waals surface area contributed by atoms with Gasteiger partial charge < -0.3 is 9.47 Å². The highest BCUT2D eigenvalue weighted by Crippen LogP contribution is 2.27. The fraction of sp³-hybridized carbons (Fsp3) is 0.833. The van der Waals surface area contributed by atoms with Crippen molar-refractivity contribution in [2.24, 2.45) is 15.9 Å². The van der Waals surface area contributed by atoms with Crippen molar-refractivity contribution in [1.29, 1.82) is 0 Å². The number of hydrogen-bond donors (Lipinski definition) is 0. The maximum atomic E-state index is 5.82. The Morgan fingerprint density at radius 2 is 2.00 bits per heavy atom. The minimum atomic E-state index is -0.507. The molecule has 5 heteroatoms. The van der Waals surface area contributed by atoms with Crippen LogP contribution in [0.25, 0.3) is 0 Å². The first kappa shape index (κ1) is 14.3. The van der Waals surface area contributed by atoms with Crippen LogP contribution in [-0.2, 0) is 9.47 Å². The molecule has 1 heterocycles. The van der Waals surface area contributed by atoms with E-state index in [2.05, 4.69) is 23.8 Å². The number of halogens is 1. The number of alkyl halides is 1. The average molecular weight is 261 g/mol. The Morgan fingerprint density at radius 3 is 2.41 bits per heavy atom. The third kappa shape index (κ3) is 2.92. The van der Waals surface area contributed by atoms with Crippen molar-refractivity contribution < 1.29 is 9.47 Å². The normalized spacial score (nSPS) is 28.8. The molecule has 0 bridgehead atoms. The van der Waals surface area contributed by atoms with Crippen LogP contribution in [0.5, 0.6) is 0 Å². The van der Waals surface area contributed by atoms with Crippen molar-refractivity contribution >= 4 is 23.4 Å². The van der Waals surface area contributed by atoms with Crippen LogP contribution < -0.4 is 0 Å². The van der Waals surface area contributed by atoms with Gasteiger partial charge in [-0.15, -0.1) is 11.6 Å². The molecule has 1 aliphatic rings. The highest BCUT2D eigenvalue weighted by molar-refractivity contribution is 6.18. The zero-order valence-electron chi connectivity index (χ0n) is 11.2. The van der Waals surface area contributed by atoms with Crippen molar-refractivity contribution in [2.45, 2.75) is 38.8 Å². The molecule has 0 radical (unpaired) electrons. The third-order valence-electron chi connectivity index (χ3n) is 2.94. The lowest BCUT2D eigenvalue weighted by Crippen LogP contribution is -2.44. The molecular weight excluding hydrogens is 240 g/mol. The van der Waals surface area contributed by atoms with Gasteiger partial charge in [0.05, 0.1) is 14.2 Å². The summed E-state index contributed by atoms with van der Waals surface area (Å²) in [5.41, 5.74) is -0.507. The topological polar surface area (TPSA) is 43.2 Å². The molecule has 0 aromatic carbocycles. The summed E-state index contributed by atoms with van der Waals surface area (Å²) in [6.07, 6.45) is 0.679. The third-order valence-corrected chi connectivity index (χ3v) is 3.13. The van der Waals surface area contributed by atoms with Gasteiger partial charge in [-0.2, -0.15) is 0 Å². The number of rotatable bonds is 3. The molecule has 0 N–H and O–H groups in total. The predicted octanol–water partition coefficient (Wildman–Crippen LogP) is 2.50. The predicted molar refractivity (Wildman–Crippen MR) is 71.3 cm³/mol. The Bertz CT molecular complexity index is 328. The molecule has 0 aliphatic carbocycles. The molecule has 98 valence electrons. The van der Waals surface area contributed by atoms with Crippen LogP contribution in [0, 0.1) is 5.92 Å². The molecular formula is C12H21ClN2O2. The number of methoxy groups -OCH3 is 2. The molecule has 2 unspecified atom stereocenters. The van der Waals surface area contributed by atoms with E-state index >= 15 is 0 Å². The van der Waals surface area contributed by atoms with Crippen LogP contribution in [0.1, 0.15) is 27.2 Å². The van der Waals surface area contributed by atoms with Gasteiger partial charge in [0.15, 0.2) is 0 Å².